The predicted octanol–water partition coefficient (Wildman–Crippen LogP) is 1.52. The molecule has 0 bridgehead atoms. The Labute approximate surface area is 121 Å². The number of hydrogen-bond donors (Lipinski definition) is 1. The molecule has 1 N–H and O–H groups in total. The molecule has 1 heterocycles. The van der Waals surface area contributed by atoms with E-state index in [1.807, 2.05) is 0 Å². The molecule has 2 rings (SSSR count). The summed E-state index contributed by atoms with van der Waals surface area (Å²) in [5, 5.41) is 18.0. The second kappa shape index (κ2) is 5.61. The topological polar surface area (TPSA) is 93.3 Å². The van der Waals surface area contributed by atoms with Crippen molar-refractivity contribution in [2.24, 2.45) is 0 Å². The van der Waals surface area contributed by atoms with E-state index in [2.05, 4.69) is 10.4 Å². The van der Waals surface area contributed by atoms with E-state index in [1.165, 1.54) is 21.7 Å². The summed E-state index contributed by atoms with van der Waals surface area (Å²) >= 11 is 0. The third kappa shape index (κ3) is 2.99. The van der Waals surface area contributed by atoms with Gasteiger partial charge >= 0.3 is 0 Å². The Bertz CT molecular complexity index is 693. The minimum Gasteiger partial charge on any atom is -0.388 e. The van der Waals surface area contributed by atoms with Gasteiger partial charge in [-0.25, -0.2) is 4.68 Å². The van der Waals surface area contributed by atoms with Gasteiger partial charge in [0.1, 0.15) is 0 Å². The molecule has 0 unspecified atom stereocenters. The van der Waals surface area contributed by atoms with Gasteiger partial charge in [0.2, 0.25) is 0 Å². The molecule has 110 valence electrons. The summed E-state index contributed by atoms with van der Waals surface area (Å²) < 4.78 is 1.44. The molecule has 0 radical (unpaired) electrons. The number of carbonyl (C=O) groups is 1. The molecule has 1 aromatic heterocycles. The number of carbonyl (C=O) groups excluding carboxylic acids is 1. The summed E-state index contributed by atoms with van der Waals surface area (Å²) in [4.78, 5) is 23.7. The highest BCUT2D eigenvalue weighted by Gasteiger charge is 2.14. The zero-order valence-electron chi connectivity index (χ0n) is 11.9. The first-order valence-electron chi connectivity index (χ1n) is 6.17. The monoisotopic (exact) mass is 289 g/mol. The Morgan fingerprint density at radius 1 is 1.38 bits per heavy atom. The van der Waals surface area contributed by atoms with E-state index >= 15 is 0 Å². The maximum atomic E-state index is 11.8. The molecule has 0 saturated carbocycles. The molecule has 0 spiro atoms. The Kier molecular flexibility index (Phi) is 3.88. The van der Waals surface area contributed by atoms with Crippen molar-refractivity contribution >= 4 is 17.3 Å². The average molecular weight is 289 g/mol. The molecular weight excluding hydrogens is 274 g/mol. The lowest BCUT2D eigenvalue weighted by Crippen LogP contribution is -2.22. The molecule has 1 amide bonds. The molecular formula is C13H15N5O3. The quantitative estimate of drug-likeness (QED) is 0.680. The van der Waals surface area contributed by atoms with Gasteiger partial charge in [0.15, 0.2) is 5.69 Å². The number of nitrogens with one attached hydrogen (secondary N) is 1. The van der Waals surface area contributed by atoms with Crippen LogP contribution in [0.25, 0.3) is 5.69 Å². The maximum absolute atomic E-state index is 11.8. The fourth-order valence-corrected chi connectivity index (χ4v) is 1.79. The minimum atomic E-state index is -0.472. The zero-order chi connectivity index (χ0) is 15.6. The standard InChI is InChI=1S/C13H15N5O3/c1-14-9-6-10(8-11(7-9)18(20)21)17-5-4-12(15-17)13(19)16(2)3/h4-8,14H,1-3H3. The van der Waals surface area contributed by atoms with E-state index in [9.17, 15) is 14.9 Å². The molecule has 8 heteroatoms. The van der Waals surface area contributed by atoms with E-state index in [0.29, 0.717) is 11.4 Å². The molecule has 0 fully saturated rings. The van der Waals surface area contributed by atoms with E-state index < -0.39 is 4.92 Å². The lowest BCUT2D eigenvalue weighted by Gasteiger charge is -2.08. The molecule has 0 aliphatic heterocycles. The van der Waals surface area contributed by atoms with Crippen molar-refractivity contribution in [1.29, 1.82) is 0 Å². The largest absolute Gasteiger partial charge is 0.388 e. The van der Waals surface area contributed by atoms with Crippen LogP contribution in [-0.4, -0.2) is 46.7 Å². The van der Waals surface area contributed by atoms with Crippen LogP contribution in [-0.2, 0) is 0 Å². The van der Waals surface area contributed by atoms with Crippen LogP contribution in [0.2, 0.25) is 0 Å². The SMILES string of the molecule is CNc1cc(-n2ccc(C(=O)N(C)C)n2)cc([N+](=O)[O-])c1. The van der Waals surface area contributed by atoms with Crippen LogP contribution in [0, 0.1) is 10.1 Å². The van der Waals surface area contributed by atoms with E-state index in [1.54, 1.807) is 39.5 Å². The minimum absolute atomic E-state index is 0.0483. The number of amides is 1. The van der Waals surface area contributed by atoms with Gasteiger partial charge in [0.25, 0.3) is 11.6 Å². The summed E-state index contributed by atoms with van der Waals surface area (Å²) in [5.41, 5.74) is 1.33. The second-order valence-electron chi connectivity index (χ2n) is 4.59. The number of nitrogens with zero attached hydrogens (tertiary/aromatic N) is 4. The first kappa shape index (κ1) is 14.5. The van der Waals surface area contributed by atoms with Crippen molar-refractivity contribution < 1.29 is 9.72 Å². The van der Waals surface area contributed by atoms with Crippen LogP contribution in [0.1, 0.15) is 10.5 Å². The van der Waals surface area contributed by atoms with Gasteiger partial charge in [-0.05, 0) is 12.1 Å². The smallest absolute Gasteiger partial charge is 0.273 e. The van der Waals surface area contributed by atoms with Crippen LogP contribution in [0.15, 0.2) is 30.5 Å². The number of benzene rings is 1. The Hall–Kier alpha value is -2.90. The molecule has 21 heavy (non-hydrogen) atoms. The Morgan fingerprint density at radius 2 is 2.10 bits per heavy atom. The van der Waals surface area contributed by atoms with Gasteiger partial charge in [0.05, 0.1) is 10.6 Å². The van der Waals surface area contributed by atoms with Gasteiger partial charge in [-0.1, -0.05) is 0 Å². The van der Waals surface area contributed by atoms with Crippen LogP contribution >= 0.6 is 0 Å². The number of nitro benzene ring substituents is 1. The number of hydrogen-bond acceptors (Lipinski definition) is 5. The summed E-state index contributed by atoms with van der Waals surface area (Å²) in [5.74, 6) is -0.229. The van der Waals surface area contributed by atoms with Gasteiger partial charge in [-0.3, -0.25) is 14.9 Å². The molecule has 0 aliphatic rings. The highest BCUT2D eigenvalue weighted by Crippen LogP contribution is 2.23. The van der Waals surface area contributed by atoms with Crippen molar-refractivity contribution in [2.45, 2.75) is 0 Å². The lowest BCUT2D eigenvalue weighted by atomic mass is 10.2. The van der Waals surface area contributed by atoms with Crippen molar-refractivity contribution in [3.63, 3.8) is 0 Å². The molecule has 8 nitrogen and oxygen atoms in total. The zero-order valence-corrected chi connectivity index (χ0v) is 11.9. The van der Waals surface area contributed by atoms with Gasteiger partial charge in [0, 0.05) is 45.2 Å². The van der Waals surface area contributed by atoms with Crippen LogP contribution in [0.5, 0.6) is 0 Å². The first-order valence-corrected chi connectivity index (χ1v) is 6.17. The fraction of sp³-hybridized carbons (Fsp3) is 0.231. The third-order valence-electron chi connectivity index (χ3n) is 2.88. The van der Waals surface area contributed by atoms with Crippen molar-refractivity contribution in [3.8, 4) is 5.69 Å². The summed E-state index contributed by atoms with van der Waals surface area (Å²) in [6, 6.07) is 6.11. The van der Waals surface area contributed by atoms with Gasteiger partial charge in [-0.15, -0.1) is 0 Å². The molecule has 0 aliphatic carbocycles. The molecule has 0 atom stereocenters. The lowest BCUT2D eigenvalue weighted by molar-refractivity contribution is -0.384. The highest BCUT2D eigenvalue weighted by molar-refractivity contribution is 5.91. The summed E-state index contributed by atoms with van der Waals surface area (Å²) in [7, 11) is 4.94. The Balaban J connectivity index is 2.44. The average Bonchev–Trinajstić information content (AvgIpc) is 2.95. The van der Waals surface area contributed by atoms with Gasteiger partial charge < -0.3 is 10.2 Å². The second-order valence-corrected chi connectivity index (χ2v) is 4.59. The Morgan fingerprint density at radius 3 is 2.67 bits per heavy atom. The van der Waals surface area contributed by atoms with Gasteiger partial charge in [-0.2, -0.15) is 5.10 Å². The normalized spacial score (nSPS) is 10.2. The number of non-ortho nitro benzene ring substituents is 1. The van der Waals surface area contributed by atoms with E-state index in [-0.39, 0.29) is 17.3 Å². The van der Waals surface area contributed by atoms with E-state index in [4.69, 9.17) is 0 Å². The fourth-order valence-electron chi connectivity index (χ4n) is 1.79. The maximum Gasteiger partial charge on any atom is 0.273 e. The first-order chi connectivity index (χ1) is 9.92. The molecule has 2 aromatic rings. The highest BCUT2D eigenvalue weighted by atomic mass is 16.6. The van der Waals surface area contributed by atoms with Crippen LogP contribution in [0.3, 0.4) is 0 Å². The van der Waals surface area contributed by atoms with Crippen molar-refractivity contribution in [1.82, 2.24) is 14.7 Å². The van der Waals surface area contributed by atoms with Crippen molar-refractivity contribution in [2.75, 3.05) is 26.5 Å². The van der Waals surface area contributed by atoms with Crippen LogP contribution in [0.4, 0.5) is 11.4 Å². The number of aromatic nitrogens is 2. The number of rotatable bonds is 4. The van der Waals surface area contributed by atoms with Crippen LogP contribution < -0.4 is 5.32 Å². The molecule has 0 saturated heterocycles. The number of anilines is 1. The summed E-state index contributed by atoms with van der Waals surface area (Å²) in [6.45, 7) is 0. The van der Waals surface area contributed by atoms with Crippen molar-refractivity contribution in [3.05, 3.63) is 46.3 Å². The number of nitro groups is 1. The predicted molar refractivity (Wildman–Crippen MR) is 77.8 cm³/mol. The third-order valence-corrected chi connectivity index (χ3v) is 2.88. The van der Waals surface area contributed by atoms with E-state index in [0.717, 1.165) is 0 Å². The molecule has 1 aromatic carbocycles. The summed E-state index contributed by atoms with van der Waals surface area (Å²) in [6.07, 6.45) is 1.59.